The summed E-state index contributed by atoms with van der Waals surface area (Å²) < 4.78 is 38.1. The van der Waals surface area contributed by atoms with Crippen molar-refractivity contribution in [1.82, 2.24) is 5.32 Å². The van der Waals surface area contributed by atoms with Crippen molar-refractivity contribution in [2.75, 3.05) is 10.6 Å². The maximum Gasteiger partial charge on any atom is 0.412 e. The summed E-state index contributed by atoms with van der Waals surface area (Å²) in [6, 6.07) is 6.73. The highest BCUT2D eigenvalue weighted by Crippen LogP contribution is 2.40. The molecule has 0 aliphatic carbocycles. The minimum Gasteiger partial charge on any atom is -0.487 e. The first-order chi connectivity index (χ1) is 14.8. The van der Waals surface area contributed by atoms with Gasteiger partial charge in [0.2, 0.25) is 0 Å². The number of ether oxygens (including phenoxy) is 2. The van der Waals surface area contributed by atoms with Crippen LogP contribution < -0.4 is 20.7 Å². The number of carbonyl (C=O) groups is 2. The Kier molecular flexibility index (Phi) is 6.29. The van der Waals surface area contributed by atoms with E-state index in [0.29, 0.717) is 23.4 Å². The zero-order valence-corrected chi connectivity index (χ0v) is 18.6. The number of amides is 3. The summed E-state index contributed by atoms with van der Waals surface area (Å²) in [5.41, 5.74) is -0.105. The molecule has 2 aromatic rings. The summed E-state index contributed by atoms with van der Waals surface area (Å²) in [5, 5.41) is 7.93. The van der Waals surface area contributed by atoms with Crippen LogP contribution in [0.5, 0.6) is 5.75 Å². The fourth-order valence-corrected chi connectivity index (χ4v) is 3.43. The Hall–Kier alpha value is -3.36. The van der Waals surface area contributed by atoms with Crippen LogP contribution in [0.2, 0.25) is 0 Å². The largest absolute Gasteiger partial charge is 0.487 e. The third kappa shape index (κ3) is 6.32. The van der Waals surface area contributed by atoms with Crippen LogP contribution >= 0.6 is 0 Å². The van der Waals surface area contributed by atoms with Crippen LogP contribution in [0.15, 0.2) is 36.4 Å². The van der Waals surface area contributed by atoms with E-state index in [9.17, 15) is 18.4 Å². The maximum absolute atomic E-state index is 13.4. The lowest BCUT2D eigenvalue weighted by atomic mass is 9.89. The zero-order valence-electron chi connectivity index (χ0n) is 18.6. The molecule has 0 bridgehead atoms. The molecule has 3 rings (SSSR count). The molecule has 32 heavy (non-hydrogen) atoms. The fourth-order valence-electron chi connectivity index (χ4n) is 3.43. The predicted molar refractivity (Wildman–Crippen MR) is 117 cm³/mol. The lowest BCUT2D eigenvalue weighted by molar-refractivity contribution is 0.0631. The van der Waals surface area contributed by atoms with Gasteiger partial charge in [0.25, 0.3) is 0 Å². The highest BCUT2D eigenvalue weighted by atomic mass is 19.1. The summed E-state index contributed by atoms with van der Waals surface area (Å²) in [4.78, 5) is 24.7. The molecule has 1 aliphatic rings. The SMILES string of the molecule is CC(C)(C)OC(=O)Nc1ccc2c(c1)[C@@H](NC(=O)Nc1cc(F)cc(F)c1)CC(C)(C)O2. The third-order valence-corrected chi connectivity index (χ3v) is 4.54. The lowest BCUT2D eigenvalue weighted by Gasteiger charge is -2.38. The van der Waals surface area contributed by atoms with Gasteiger partial charge in [0.1, 0.15) is 28.6 Å². The van der Waals surface area contributed by atoms with Crippen LogP contribution in [-0.4, -0.2) is 23.3 Å². The number of halogens is 2. The lowest BCUT2D eigenvalue weighted by Crippen LogP contribution is -2.42. The molecule has 172 valence electrons. The minimum atomic E-state index is -0.796. The first-order valence-corrected chi connectivity index (χ1v) is 10.2. The maximum atomic E-state index is 13.4. The summed E-state index contributed by atoms with van der Waals surface area (Å²) >= 11 is 0. The van der Waals surface area contributed by atoms with Crippen molar-refractivity contribution in [1.29, 1.82) is 0 Å². The summed E-state index contributed by atoms with van der Waals surface area (Å²) in [5.74, 6) is -1.04. The van der Waals surface area contributed by atoms with Gasteiger partial charge in [-0.1, -0.05) is 0 Å². The van der Waals surface area contributed by atoms with Crippen molar-refractivity contribution >= 4 is 23.5 Å². The molecular formula is C23H27F2N3O4. The Morgan fingerprint density at radius 3 is 2.31 bits per heavy atom. The van der Waals surface area contributed by atoms with Crippen molar-refractivity contribution in [2.45, 2.75) is 58.3 Å². The Balaban J connectivity index is 1.79. The molecule has 1 aliphatic heterocycles. The Morgan fingerprint density at radius 2 is 1.69 bits per heavy atom. The van der Waals surface area contributed by atoms with Gasteiger partial charge < -0.3 is 20.1 Å². The monoisotopic (exact) mass is 447 g/mol. The number of urea groups is 1. The third-order valence-electron chi connectivity index (χ3n) is 4.54. The molecule has 7 nitrogen and oxygen atoms in total. The Bertz CT molecular complexity index is 1010. The van der Waals surface area contributed by atoms with Crippen LogP contribution in [0.4, 0.5) is 29.7 Å². The van der Waals surface area contributed by atoms with Crippen LogP contribution in [0.3, 0.4) is 0 Å². The second-order valence-electron chi connectivity index (χ2n) is 9.25. The summed E-state index contributed by atoms with van der Waals surface area (Å²) in [6.07, 6.45) is -0.175. The Labute approximate surface area is 185 Å². The fraction of sp³-hybridized carbons (Fsp3) is 0.391. The second kappa shape index (κ2) is 8.64. The number of carbonyl (C=O) groups excluding carboxylic acids is 2. The number of anilines is 2. The topological polar surface area (TPSA) is 88.7 Å². The number of benzene rings is 2. The van der Waals surface area contributed by atoms with E-state index >= 15 is 0 Å². The second-order valence-corrected chi connectivity index (χ2v) is 9.25. The first kappa shape index (κ1) is 23.3. The molecule has 9 heteroatoms. The van der Waals surface area contributed by atoms with E-state index < -0.39 is 41.0 Å². The van der Waals surface area contributed by atoms with Crippen molar-refractivity contribution in [3.63, 3.8) is 0 Å². The van der Waals surface area contributed by atoms with Crippen molar-refractivity contribution in [2.24, 2.45) is 0 Å². The van der Waals surface area contributed by atoms with Crippen LogP contribution in [0.1, 0.15) is 52.6 Å². The molecule has 0 saturated carbocycles. The number of hydrogen-bond donors (Lipinski definition) is 3. The molecule has 3 N–H and O–H groups in total. The van der Waals surface area contributed by atoms with Gasteiger partial charge in [0.05, 0.1) is 6.04 Å². The van der Waals surface area contributed by atoms with Gasteiger partial charge in [-0.3, -0.25) is 5.32 Å². The highest BCUT2D eigenvalue weighted by molar-refractivity contribution is 5.90. The smallest absolute Gasteiger partial charge is 0.412 e. The van der Waals surface area contributed by atoms with Gasteiger partial charge in [-0.2, -0.15) is 0 Å². The molecule has 1 atom stereocenters. The summed E-state index contributed by atoms with van der Waals surface area (Å²) in [6.45, 7) is 9.06. The van der Waals surface area contributed by atoms with E-state index in [0.717, 1.165) is 18.2 Å². The number of hydrogen-bond acceptors (Lipinski definition) is 4. The molecule has 2 aromatic carbocycles. The first-order valence-electron chi connectivity index (χ1n) is 10.2. The standard InChI is InChI=1S/C23H27F2N3O4/c1-22(2,3)32-21(30)27-15-6-7-19-17(11-15)18(12-23(4,5)31-19)28-20(29)26-16-9-13(24)8-14(25)10-16/h6-11,18H,12H2,1-5H3,(H,27,30)(H2,26,28,29)/t18-/m0/s1. The van der Waals surface area contributed by atoms with Gasteiger partial charge in [0.15, 0.2) is 0 Å². The minimum absolute atomic E-state index is 0.00751. The average Bonchev–Trinajstić information content (AvgIpc) is 2.58. The molecule has 0 fully saturated rings. The number of rotatable bonds is 3. The van der Waals surface area contributed by atoms with Crippen molar-refractivity contribution < 1.29 is 27.8 Å². The molecule has 0 spiro atoms. The molecule has 1 heterocycles. The van der Waals surface area contributed by atoms with Crippen molar-refractivity contribution in [3.05, 3.63) is 53.6 Å². The molecule has 0 saturated heterocycles. The van der Waals surface area contributed by atoms with Crippen molar-refractivity contribution in [3.8, 4) is 5.75 Å². The van der Waals surface area contributed by atoms with Gasteiger partial charge >= 0.3 is 12.1 Å². The van der Waals surface area contributed by atoms with E-state index in [-0.39, 0.29) is 5.69 Å². The zero-order chi connectivity index (χ0) is 23.7. The normalized spacial score (nSPS) is 16.9. The quantitative estimate of drug-likeness (QED) is 0.560. The van der Waals surface area contributed by atoms with Gasteiger partial charge in [-0.15, -0.1) is 0 Å². The number of nitrogens with one attached hydrogen (secondary N) is 3. The molecule has 0 radical (unpaired) electrons. The molecule has 0 aromatic heterocycles. The Morgan fingerprint density at radius 1 is 1.03 bits per heavy atom. The molecular weight excluding hydrogens is 420 g/mol. The average molecular weight is 447 g/mol. The van der Waals surface area contributed by atoms with E-state index in [1.165, 1.54) is 0 Å². The van der Waals surface area contributed by atoms with Crippen LogP contribution in [0, 0.1) is 11.6 Å². The predicted octanol–water partition coefficient (Wildman–Crippen LogP) is 5.74. The molecule has 0 unspecified atom stereocenters. The van der Waals surface area contributed by atoms with Gasteiger partial charge in [-0.25, -0.2) is 18.4 Å². The van der Waals surface area contributed by atoms with E-state index in [1.807, 2.05) is 13.8 Å². The van der Waals surface area contributed by atoms with Crippen LogP contribution in [-0.2, 0) is 4.74 Å². The van der Waals surface area contributed by atoms with E-state index in [4.69, 9.17) is 9.47 Å². The van der Waals surface area contributed by atoms with E-state index in [1.54, 1.807) is 39.0 Å². The van der Waals surface area contributed by atoms with E-state index in [2.05, 4.69) is 16.0 Å². The summed E-state index contributed by atoms with van der Waals surface area (Å²) in [7, 11) is 0. The number of fused-ring (bicyclic) bond motifs is 1. The van der Waals surface area contributed by atoms with Crippen LogP contribution in [0.25, 0.3) is 0 Å². The van der Waals surface area contributed by atoms with Gasteiger partial charge in [0, 0.05) is 29.4 Å². The highest BCUT2D eigenvalue weighted by Gasteiger charge is 2.35. The van der Waals surface area contributed by atoms with Gasteiger partial charge in [-0.05, 0) is 65.0 Å². The molecule has 3 amide bonds.